The molecule has 0 spiro atoms. The zero-order chi connectivity index (χ0) is 24.9. The Morgan fingerprint density at radius 3 is 2.42 bits per heavy atom. The molecule has 1 aromatic heterocycles. The molecule has 2 amide bonds. The van der Waals surface area contributed by atoms with Gasteiger partial charge in [-0.3, -0.25) is 10.1 Å². The van der Waals surface area contributed by atoms with E-state index in [1.54, 1.807) is 20.8 Å². The molecule has 2 rings (SSSR count). The molecule has 0 saturated carbocycles. The van der Waals surface area contributed by atoms with Crippen LogP contribution in [0.15, 0.2) is 23.3 Å². The van der Waals surface area contributed by atoms with Crippen LogP contribution in [0.1, 0.15) is 47.2 Å². The molecule has 12 nitrogen and oxygen atoms in total. The average Bonchev–Trinajstić information content (AvgIpc) is 2.72. The number of terminal acetylenes is 1. The molecule has 0 aliphatic heterocycles. The number of carbonyl (C=O) groups excluding carboxylic acids is 3. The third-order valence-corrected chi connectivity index (χ3v) is 3.86. The van der Waals surface area contributed by atoms with Crippen molar-refractivity contribution >= 4 is 29.3 Å². The maximum atomic E-state index is 14.0. The van der Waals surface area contributed by atoms with Gasteiger partial charge >= 0.3 is 12.1 Å². The molecular formula is C20H22FN7O5. The number of methoxy groups -OCH3 is 1. The minimum absolute atomic E-state index is 0.0917. The first-order chi connectivity index (χ1) is 15.4. The smallest absolute Gasteiger partial charge is 0.412 e. The fourth-order valence-corrected chi connectivity index (χ4v) is 2.51. The predicted octanol–water partition coefficient (Wildman–Crippen LogP) is 0.878. The first-order valence-corrected chi connectivity index (χ1v) is 9.23. The minimum atomic E-state index is -0.917. The van der Waals surface area contributed by atoms with Crippen molar-refractivity contribution < 1.29 is 28.2 Å². The van der Waals surface area contributed by atoms with Crippen LogP contribution in [0.2, 0.25) is 0 Å². The Kier molecular flexibility index (Phi) is 7.24. The summed E-state index contributed by atoms with van der Waals surface area (Å²) in [5.41, 5.74) is -2.03. The number of rotatable bonds is 4. The molecule has 13 heteroatoms. The summed E-state index contributed by atoms with van der Waals surface area (Å²) in [4.78, 5) is 37.6. The van der Waals surface area contributed by atoms with E-state index in [1.165, 1.54) is 0 Å². The Morgan fingerprint density at radius 2 is 1.88 bits per heavy atom. The Hall–Kier alpha value is -4.60. The van der Waals surface area contributed by atoms with E-state index in [2.05, 4.69) is 31.5 Å². The van der Waals surface area contributed by atoms with Gasteiger partial charge in [0, 0.05) is 0 Å². The van der Waals surface area contributed by atoms with Crippen LogP contribution in [0.3, 0.4) is 0 Å². The van der Waals surface area contributed by atoms with Crippen LogP contribution in [0.4, 0.5) is 20.6 Å². The van der Waals surface area contributed by atoms with Crippen molar-refractivity contribution in [1.82, 2.24) is 9.89 Å². The lowest BCUT2D eigenvalue weighted by atomic mass is 10.1. The summed E-state index contributed by atoms with van der Waals surface area (Å²) in [5.74, 6) is 10.5. The molecule has 0 aliphatic carbocycles. The van der Waals surface area contributed by atoms with Gasteiger partial charge in [0.15, 0.2) is 5.69 Å². The SMILES string of the molecule is C#Cc1cc(NC(=O)c2cc(NC(=O)OC(C)(C)C)/c(=N/N)n(N)n2)c(C(=O)OC)cc1F. The molecule has 0 unspecified atom stereocenters. The summed E-state index contributed by atoms with van der Waals surface area (Å²) in [6, 6.07) is 3.04. The standard InChI is InChI=1S/C20H22FN7O5/c1-6-10-7-13(11(8-12(10)21)18(30)32-5)24-17(29)15-9-14(16(26-22)28(23)27-15)25-19(31)33-20(2,3)4/h1,7-9H,22-23H2,2-5H3,(H,24,29)(H,25,31)/b26-16-. The summed E-state index contributed by atoms with van der Waals surface area (Å²) < 4.78 is 23.8. The molecule has 0 atom stereocenters. The van der Waals surface area contributed by atoms with Crippen molar-refractivity contribution in [3.8, 4) is 12.3 Å². The summed E-state index contributed by atoms with van der Waals surface area (Å²) in [7, 11) is 1.09. The number of halogens is 1. The lowest BCUT2D eigenvalue weighted by Gasteiger charge is -2.20. The van der Waals surface area contributed by atoms with Crippen molar-refractivity contribution in [2.45, 2.75) is 26.4 Å². The van der Waals surface area contributed by atoms with E-state index in [0.29, 0.717) is 4.79 Å². The molecule has 6 N–H and O–H groups in total. The molecule has 1 heterocycles. The Balaban J connectivity index is 2.47. The zero-order valence-corrected chi connectivity index (χ0v) is 18.2. The molecule has 0 bridgehead atoms. The van der Waals surface area contributed by atoms with E-state index < -0.39 is 29.4 Å². The van der Waals surface area contributed by atoms with Gasteiger partial charge in [0.2, 0.25) is 5.49 Å². The van der Waals surface area contributed by atoms with Gasteiger partial charge < -0.3 is 26.5 Å². The molecular weight excluding hydrogens is 437 g/mol. The van der Waals surface area contributed by atoms with Crippen molar-refractivity contribution in [3.05, 3.63) is 46.3 Å². The second-order valence-electron chi connectivity index (χ2n) is 7.44. The summed E-state index contributed by atoms with van der Waals surface area (Å²) in [5, 5.41) is 12.0. The van der Waals surface area contributed by atoms with E-state index in [9.17, 15) is 18.8 Å². The number of carbonyl (C=O) groups is 3. The normalized spacial score (nSPS) is 11.3. The van der Waals surface area contributed by atoms with Crippen molar-refractivity contribution in [2.75, 3.05) is 23.6 Å². The second-order valence-corrected chi connectivity index (χ2v) is 7.44. The number of esters is 1. The quantitative estimate of drug-likeness (QED) is 0.225. The van der Waals surface area contributed by atoms with Crippen LogP contribution in [0.25, 0.3) is 0 Å². The molecule has 1 aromatic carbocycles. The molecule has 0 radical (unpaired) electrons. The summed E-state index contributed by atoms with van der Waals surface area (Å²) in [6.45, 7) is 4.96. The first kappa shape index (κ1) is 24.7. The van der Waals surface area contributed by atoms with Gasteiger partial charge in [-0.2, -0.15) is 9.89 Å². The lowest BCUT2D eigenvalue weighted by molar-refractivity contribution is 0.0598. The third kappa shape index (κ3) is 5.97. The molecule has 33 heavy (non-hydrogen) atoms. The van der Waals surface area contributed by atoms with E-state index in [4.69, 9.17) is 22.8 Å². The van der Waals surface area contributed by atoms with Gasteiger partial charge in [0.25, 0.3) is 5.91 Å². The first-order valence-electron chi connectivity index (χ1n) is 9.23. The highest BCUT2D eigenvalue weighted by Crippen LogP contribution is 2.22. The van der Waals surface area contributed by atoms with E-state index in [-0.39, 0.29) is 33.7 Å². The van der Waals surface area contributed by atoms with Gasteiger partial charge in [0.1, 0.15) is 11.4 Å². The number of nitrogens with zero attached hydrogens (tertiary/aromatic N) is 3. The zero-order valence-electron chi connectivity index (χ0n) is 18.2. The van der Waals surface area contributed by atoms with E-state index in [0.717, 1.165) is 25.3 Å². The number of nitrogens with one attached hydrogen (secondary N) is 2. The molecule has 174 valence electrons. The number of hydrogen-bond acceptors (Lipinski definition) is 9. The Labute approximate surface area is 187 Å². The largest absolute Gasteiger partial charge is 0.465 e. The van der Waals surface area contributed by atoms with E-state index in [1.807, 2.05) is 0 Å². The fourth-order valence-electron chi connectivity index (χ4n) is 2.51. The molecule has 0 saturated heterocycles. The van der Waals surface area contributed by atoms with Gasteiger partial charge in [-0.15, -0.1) is 11.5 Å². The molecule has 2 aromatic rings. The maximum absolute atomic E-state index is 14.0. The average molecular weight is 459 g/mol. The highest BCUT2D eigenvalue weighted by molar-refractivity contribution is 6.07. The van der Waals surface area contributed by atoms with Crippen LogP contribution < -0.4 is 27.8 Å². The molecule has 0 aliphatic rings. The highest BCUT2D eigenvalue weighted by Gasteiger charge is 2.22. The number of ether oxygens (including phenoxy) is 2. The Morgan fingerprint density at radius 1 is 1.21 bits per heavy atom. The monoisotopic (exact) mass is 459 g/mol. The van der Waals surface area contributed by atoms with Crippen molar-refractivity contribution in [1.29, 1.82) is 0 Å². The maximum Gasteiger partial charge on any atom is 0.412 e. The van der Waals surface area contributed by atoms with Gasteiger partial charge in [-0.25, -0.2) is 14.0 Å². The van der Waals surface area contributed by atoms with Crippen molar-refractivity contribution in [3.63, 3.8) is 0 Å². The van der Waals surface area contributed by atoms with Crippen LogP contribution in [-0.4, -0.2) is 40.6 Å². The van der Waals surface area contributed by atoms with Crippen LogP contribution >= 0.6 is 0 Å². The van der Waals surface area contributed by atoms with Crippen LogP contribution in [0, 0.1) is 18.2 Å². The minimum Gasteiger partial charge on any atom is -0.465 e. The van der Waals surface area contributed by atoms with Crippen LogP contribution in [-0.2, 0) is 9.47 Å². The summed E-state index contributed by atoms with van der Waals surface area (Å²) >= 11 is 0. The number of nitrogens with two attached hydrogens (primary N) is 2. The van der Waals surface area contributed by atoms with Crippen molar-refractivity contribution in [2.24, 2.45) is 10.9 Å². The van der Waals surface area contributed by atoms with Crippen LogP contribution in [0.5, 0.6) is 0 Å². The van der Waals surface area contributed by atoms with Gasteiger partial charge in [0.05, 0.1) is 29.6 Å². The number of anilines is 2. The highest BCUT2D eigenvalue weighted by atomic mass is 19.1. The second kappa shape index (κ2) is 9.69. The number of nitrogen functional groups attached to an aromatic ring is 1. The van der Waals surface area contributed by atoms with Gasteiger partial charge in [-0.1, -0.05) is 5.92 Å². The number of aromatic nitrogens is 2. The topological polar surface area (TPSA) is 176 Å². The summed E-state index contributed by atoms with van der Waals surface area (Å²) in [6.07, 6.45) is 4.39. The number of hydrogen-bond donors (Lipinski definition) is 4. The Bertz CT molecular complexity index is 1230. The predicted molar refractivity (Wildman–Crippen MR) is 116 cm³/mol. The fraction of sp³-hybridized carbons (Fsp3) is 0.250. The lowest BCUT2D eigenvalue weighted by Crippen LogP contribution is -2.37. The number of amides is 2. The van der Waals surface area contributed by atoms with Gasteiger partial charge in [-0.05, 0) is 39.0 Å². The van der Waals surface area contributed by atoms with E-state index >= 15 is 0 Å². The number of benzene rings is 1. The molecule has 0 fully saturated rings. The third-order valence-electron chi connectivity index (χ3n) is 3.86.